The molecule has 0 heterocycles. The Morgan fingerprint density at radius 1 is 1.04 bits per heavy atom. The van der Waals surface area contributed by atoms with Crippen molar-refractivity contribution in [2.75, 3.05) is 13.7 Å². The van der Waals surface area contributed by atoms with E-state index in [1.54, 1.807) is 31.4 Å². The Hall–Kier alpha value is -2.82. The molecule has 2 aromatic rings. The quantitative estimate of drug-likeness (QED) is 0.394. The third-order valence-electron chi connectivity index (χ3n) is 3.62. The van der Waals surface area contributed by atoms with E-state index in [1.807, 2.05) is 24.3 Å². The van der Waals surface area contributed by atoms with Crippen LogP contribution in [-0.4, -0.2) is 25.5 Å². The lowest BCUT2D eigenvalue weighted by molar-refractivity contribution is -0.145. The number of rotatable bonds is 9. The summed E-state index contributed by atoms with van der Waals surface area (Å²) in [6.45, 7) is 2.08. The number of hydrogen-bond acceptors (Lipinski definition) is 5. The highest BCUT2D eigenvalue weighted by molar-refractivity contribution is 5.94. The van der Waals surface area contributed by atoms with Crippen LogP contribution in [0.2, 0.25) is 0 Å². The van der Waals surface area contributed by atoms with E-state index in [4.69, 9.17) is 14.2 Å². The van der Waals surface area contributed by atoms with Crippen molar-refractivity contribution in [2.24, 2.45) is 0 Å². The van der Waals surface area contributed by atoms with Gasteiger partial charge in [-0.05, 0) is 31.5 Å². The van der Waals surface area contributed by atoms with E-state index in [0.29, 0.717) is 30.1 Å². The van der Waals surface area contributed by atoms with Crippen LogP contribution in [0.1, 0.15) is 35.7 Å². The average molecular weight is 342 g/mol. The molecule has 0 atom stereocenters. The van der Waals surface area contributed by atoms with Gasteiger partial charge in [-0.15, -0.1) is 0 Å². The number of esters is 1. The van der Waals surface area contributed by atoms with Gasteiger partial charge in [-0.3, -0.25) is 9.59 Å². The standard InChI is InChI=1S/C20H22O5/c1-15(21)16-8-5-9-18(13-16)24-12-6-11-20(22)25-14-17-7-3-4-10-19(17)23-2/h3-5,7-10,13H,6,11-12,14H2,1-2H3. The van der Waals surface area contributed by atoms with Gasteiger partial charge < -0.3 is 14.2 Å². The second-order valence-electron chi connectivity index (χ2n) is 5.51. The van der Waals surface area contributed by atoms with Crippen molar-refractivity contribution in [2.45, 2.75) is 26.4 Å². The third-order valence-corrected chi connectivity index (χ3v) is 3.62. The zero-order valence-corrected chi connectivity index (χ0v) is 14.5. The van der Waals surface area contributed by atoms with Gasteiger partial charge in [0.1, 0.15) is 18.1 Å². The third kappa shape index (κ3) is 5.95. The Labute approximate surface area is 147 Å². The molecule has 0 bridgehead atoms. The first-order valence-corrected chi connectivity index (χ1v) is 8.11. The van der Waals surface area contributed by atoms with Gasteiger partial charge >= 0.3 is 5.97 Å². The van der Waals surface area contributed by atoms with Crippen molar-refractivity contribution < 1.29 is 23.8 Å². The Morgan fingerprint density at radius 3 is 2.60 bits per heavy atom. The van der Waals surface area contributed by atoms with E-state index in [1.165, 1.54) is 6.92 Å². The number of methoxy groups -OCH3 is 1. The fourth-order valence-electron chi connectivity index (χ4n) is 2.26. The molecule has 0 aromatic heterocycles. The van der Waals surface area contributed by atoms with Crippen LogP contribution in [0.15, 0.2) is 48.5 Å². The Morgan fingerprint density at radius 2 is 1.84 bits per heavy atom. The molecule has 25 heavy (non-hydrogen) atoms. The van der Waals surface area contributed by atoms with Crippen LogP contribution in [0.5, 0.6) is 11.5 Å². The minimum absolute atomic E-state index is 0.00892. The number of hydrogen-bond donors (Lipinski definition) is 0. The maximum atomic E-state index is 11.8. The lowest BCUT2D eigenvalue weighted by atomic mass is 10.1. The lowest BCUT2D eigenvalue weighted by Crippen LogP contribution is -2.08. The first-order chi connectivity index (χ1) is 12.1. The maximum absolute atomic E-state index is 11.8. The van der Waals surface area contributed by atoms with Crippen LogP contribution in [0.3, 0.4) is 0 Å². The van der Waals surface area contributed by atoms with Crippen LogP contribution >= 0.6 is 0 Å². The van der Waals surface area contributed by atoms with E-state index in [9.17, 15) is 9.59 Å². The van der Waals surface area contributed by atoms with E-state index in [-0.39, 0.29) is 24.8 Å². The van der Waals surface area contributed by atoms with Gasteiger partial charge in [-0.25, -0.2) is 0 Å². The highest BCUT2D eigenvalue weighted by Crippen LogP contribution is 2.18. The summed E-state index contributed by atoms with van der Waals surface area (Å²) in [4.78, 5) is 23.1. The number of para-hydroxylation sites is 1. The molecular formula is C20H22O5. The summed E-state index contributed by atoms with van der Waals surface area (Å²) in [7, 11) is 1.58. The Balaban J connectivity index is 1.70. The van der Waals surface area contributed by atoms with Gasteiger partial charge in [0.2, 0.25) is 0 Å². The number of carbonyl (C=O) groups excluding carboxylic acids is 2. The van der Waals surface area contributed by atoms with Gasteiger partial charge in [0, 0.05) is 17.5 Å². The SMILES string of the molecule is COc1ccccc1COC(=O)CCCOc1cccc(C(C)=O)c1. The minimum Gasteiger partial charge on any atom is -0.496 e. The Bertz CT molecular complexity index is 724. The molecule has 132 valence electrons. The first kappa shape index (κ1) is 18.5. The van der Waals surface area contributed by atoms with E-state index < -0.39 is 0 Å². The zero-order valence-electron chi connectivity index (χ0n) is 14.5. The van der Waals surface area contributed by atoms with Crippen molar-refractivity contribution in [1.82, 2.24) is 0 Å². The summed E-state index contributed by atoms with van der Waals surface area (Å²) in [5, 5.41) is 0. The number of ketones is 1. The molecule has 0 amide bonds. The van der Waals surface area contributed by atoms with Crippen LogP contribution in [0.25, 0.3) is 0 Å². The molecule has 0 aliphatic rings. The van der Waals surface area contributed by atoms with Crippen molar-refractivity contribution in [3.05, 3.63) is 59.7 Å². The summed E-state index contributed by atoms with van der Waals surface area (Å²) in [6, 6.07) is 14.4. The van der Waals surface area contributed by atoms with E-state index in [2.05, 4.69) is 0 Å². The number of ether oxygens (including phenoxy) is 3. The molecule has 2 aromatic carbocycles. The highest BCUT2D eigenvalue weighted by Gasteiger charge is 2.07. The molecule has 0 saturated carbocycles. The lowest BCUT2D eigenvalue weighted by Gasteiger charge is -2.09. The molecule has 0 aliphatic heterocycles. The number of Topliss-reactive ketones (excluding diaryl/α,β-unsaturated/α-hetero) is 1. The second-order valence-corrected chi connectivity index (χ2v) is 5.51. The monoisotopic (exact) mass is 342 g/mol. The number of benzene rings is 2. The van der Waals surface area contributed by atoms with Crippen molar-refractivity contribution in [1.29, 1.82) is 0 Å². The van der Waals surface area contributed by atoms with Gasteiger partial charge in [0.25, 0.3) is 0 Å². The van der Waals surface area contributed by atoms with Crippen LogP contribution in [-0.2, 0) is 16.1 Å². The summed E-state index contributed by atoms with van der Waals surface area (Å²) in [5.74, 6) is 1.02. The molecule has 0 saturated heterocycles. The summed E-state index contributed by atoms with van der Waals surface area (Å²) >= 11 is 0. The van der Waals surface area contributed by atoms with Gasteiger partial charge in [-0.2, -0.15) is 0 Å². The second kappa shape index (κ2) is 9.47. The molecule has 0 aliphatic carbocycles. The average Bonchev–Trinajstić information content (AvgIpc) is 2.64. The van der Waals surface area contributed by atoms with Gasteiger partial charge in [0.05, 0.1) is 13.7 Å². The predicted molar refractivity (Wildman–Crippen MR) is 94.0 cm³/mol. The van der Waals surface area contributed by atoms with E-state index in [0.717, 1.165) is 5.56 Å². The summed E-state index contributed by atoms with van der Waals surface area (Å²) < 4.78 is 16.0. The molecule has 5 nitrogen and oxygen atoms in total. The largest absolute Gasteiger partial charge is 0.496 e. The number of carbonyl (C=O) groups is 2. The predicted octanol–water partition coefficient (Wildman–Crippen LogP) is 3.80. The van der Waals surface area contributed by atoms with E-state index >= 15 is 0 Å². The van der Waals surface area contributed by atoms with Gasteiger partial charge in [0.15, 0.2) is 5.78 Å². The van der Waals surface area contributed by atoms with Crippen LogP contribution in [0.4, 0.5) is 0 Å². The van der Waals surface area contributed by atoms with Crippen LogP contribution in [0, 0.1) is 0 Å². The maximum Gasteiger partial charge on any atom is 0.306 e. The normalized spacial score (nSPS) is 10.2. The summed E-state index contributed by atoms with van der Waals surface area (Å²) in [6.07, 6.45) is 0.802. The van der Waals surface area contributed by atoms with Gasteiger partial charge in [-0.1, -0.05) is 30.3 Å². The smallest absolute Gasteiger partial charge is 0.306 e. The molecule has 5 heteroatoms. The topological polar surface area (TPSA) is 61.8 Å². The summed E-state index contributed by atoms with van der Waals surface area (Å²) in [5.41, 5.74) is 1.43. The van der Waals surface area contributed by atoms with Crippen molar-refractivity contribution in [3.8, 4) is 11.5 Å². The molecule has 0 N–H and O–H groups in total. The van der Waals surface area contributed by atoms with Crippen LogP contribution < -0.4 is 9.47 Å². The highest BCUT2D eigenvalue weighted by atomic mass is 16.5. The Kier molecular flexibility index (Phi) is 7.01. The molecule has 0 unspecified atom stereocenters. The molecular weight excluding hydrogens is 320 g/mol. The first-order valence-electron chi connectivity index (χ1n) is 8.11. The molecule has 0 spiro atoms. The zero-order chi connectivity index (χ0) is 18.1. The molecule has 0 fully saturated rings. The minimum atomic E-state index is -0.285. The molecule has 2 rings (SSSR count). The fraction of sp³-hybridized carbons (Fsp3) is 0.300. The molecule has 0 radical (unpaired) electrons. The van der Waals surface area contributed by atoms with Crippen molar-refractivity contribution >= 4 is 11.8 Å². The fourth-order valence-corrected chi connectivity index (χ4v) is 2.26. The van der Waals surface area contributed by atoms with Crippen molar-refractivity contribution in [3.63, 3.8) is 0 Å².